The van der Waals surface area contributed by atoms with Crippen LogP contribution in [0.4, 0.5) is 0 Å². The zero-order valence-corrected chi connectivity index (χ0v) is 11.6. The first-order chi connectivity index (χ1) is 9.13. The normalized spacial score (nSPS) is 10.7. The molecule has 0 heterocycles. The fourth-order valence-corrected chi connectivity index (χ4v) is 1.32. The van der Waals surface area contributed by atoms with Crippen LogP contribution in [0.1, 0.15) is 29.8 Å². The molecule has 0 aliphatic rings. The third kappa shape index (κ3) is 6.33. The number of carbonyl (C=O) groups is 1. The topological polar surface area (TPSA) is 56.8 Å². The molecule has 0 aliphatic carbocycles. The SMILES string of the molecule is COCCONC(=O)c1ccc(COC(C)C)cc1. The zero-order valence-electron chi connectivity index (χ0n) is 11.6. The molecular weight excluding hydrogens is 246 g/mol. The van der Waals surface area contributed by atoms with Crippen molar-refractivity contribution in [2.45, 2.75) is 26.6 Å². The smallest absolute Gasteiger partial charge is 0.274 e. The minimum Gasteiger partial charge on any atom is -0.382 e. The van der Waals surface area contributed by atoms with Gasteiger partial charge in [0.1, 0.15) is 0 Å². The van der Waals surface area contributed by atoms with Crippen molar-refractivity contribution in [1.82, 2.24) is 5.48 Å². The largest absolute Gasteiger partial charge is 0.382 e. The molecule has 0 saturated heterocycles. The Bertz CT molecular complexity index is 376. The summed E-state index contributed by atoms with van der Waals surface area (Å²) in [7, 11) is 1.57. The fraction of sp³-hybridized carbons (Fsp3) is 0.500. The van der Waals surface area contributed by atoms with E-state index in [-0.39, 0.29) is 12.0 Å². The summed E-state index contributed by atoms with van der Waals surface area (Å²) in [4.78, 5) is 16.6. The lowest BCUT2D eigenvalue weighted by Gasteiger charge is -2.08. The Morgan fingerprint density at radius 1 is 1.21 bits per heavy atom. The highest BCUT2D eigenvalue weighted by Crippen LogP contribution is 2.07. The molecule has 0 unspecified atom stereocenters. The van der Waals surface area contributed by atoms with Gasteiger partial charge in [0.2, 0.25) is 0 Å². The van der Waals surface area contributed by atoms with Crippen molar-refractivity contribution in [3.8, 4) is 0 Å². The Hall–Kier alpha value is -1.43. The van der Waals surface area contributed by atoms with Crippen molar-refractivity contribution in [2.24, 2.45) is 0 Å². The highest BCUT2D eigenvalue weighted by molar-refractivity contribution is 5.93. The van der Waals surface area contributed by atoms with E-state index in [1.165, 1.54) is 0 Å². The van der Waals surface area contributed by atoms with Crippen LogP contribution in [-0.2, 0) is 20.9 Å². The molecule has 1 N–H and O–H groups in total. The molecular formula is C14H21NO4. The molecule has 106 valence electrons. The summed E-state index contributed by atoms with van der Waals surface area (Å²) in [5, 5.41) is 0. The van der Waals surface area contributed by atoms with Crippen molar-refractivity contribution < 1.29 is 19.1 Å². The molecule has 0 atom stereocenters. The third-order valence-electron chi connectivity index (χ3n) is 2.35. The number of rotatable bonds is 8. The van der Waals surface area contributed by atoms with E-state index in [4.69, 9.17) is 14.3 Å². The molecule has 1 amide bonds. The van der Waals surface area contributed by atoms with Gasteiger partial charge >= 0.3 is 0 Å². The van der Waals surface area contributed by atoms with Crippen LogP contribution in [0, 0.1) is 0 Å². The minimum absolute atomic E-state index is 0.192. The van der Waals surface area contributed by atoms with Crippen LogP contribution in [0.5, 0.6) is 0 Å². The number of ether oxygens (including phenoxy) is 2. The number of nitrogens with one attached hydrogen (secondary N) is 1. The molecule has 5 heteroatoms. The van der Waals surface area contributed by atoms with Gasteiger partial charge in [0.15, 0.2) is 0 Å². The van der Waals surface area contributed by atoms with Gasteiger partial charge < -0.3 is 9.47 Å². The number of benzene rings is 1. The van der Waals surface area contributed by atoms with Crippen molar-refractivity contribution in [3.05, 3.63) is 35.4 Å². The molecule has 0 aliphatic heterocycles. The summed E-state index contributed by atoms with van der Waals surface area (Å²) >= 11 is 0. The summed E-state index contributed by atoms with van der Waals surface area (Å²) < 4.78 is 10.3. The van der Waals surface area contributed by atoms with Gasteiger partial charge in [0.25, 0.3) is 5.91 Å². The number of carbonyl (C=O) groups excluding carboxylic acids is 1. The highest BCUT2D eigenvalue weighted by atomic mass is 16.7. The van der Waals surface area contributed by atoms with E-state index < -0.39 is 0 Å². The molecule has 0 radical (unpaired) electrons. The molecule has 5 nitrogen and oxygen atoms in total. The maximum atomic E-state index is 11.7. The van der Waals surface area contributed by atoms with Crippen molar-refractivity contribution in [2.75, 3.05) is 20.3 Å². The van der Waals surface area contributed by atoms with Gasteiger partial charge in [-0.3, -0.25) is 9.63 Å². The molecule has 0 spiro atoms. The van der Waals surface area contributed by atoms with E-state index in [0.717, 1.165) is 5.56 Å². The maximum absolute atomic E-state index is 11.7. The van der Waals surface area contributed by atoms with Crippen molar-refractivity contribution in [3.63, 3.8) is 0 Å². The standard InChI is InChI=1S/C14H21NO4/c1-11(2)18-10-12-4-6-13(7-5-12)14(16)15-19-9-8-17-3/h4-7,11H,8-10H2,1-3H3,(H,15,16). The molecule has 19 heavy (non-hydrogen) atoms. The number of hydrogen-bond donors (Lipinski definition) is 1. The molecule has 0 bridgehead atoms. The van der Waals surface area contributed by atoms with Gasteiger partial charge in [-0.2, -0.15) is 0 Å². The van der Waals surface area contributed by atoms with Crippen LogP contribution in [-0.4, -0.2) is 32.3 Å². The Morgan fingerprint density at radius 3 is 2.47 bits per heavy atom. The van der Waals surface area contributed by atoms with E-state index in [2.05, 4.69) is 5.48 Å². The van der Waals surface area contributed by atoms with Gasteiger partial charge in [0, 0.05) is 12.7 Å². The average molecular weight is 267 g/mol. The van der Waals surface area contributed by atoms with Crippen LogP contribution in [0.15, 0.2) is 24.3 Å². The summed E-state index contributed by atoms with van der Waals surface area (Å²) in [5.74, 6) is -0.271. The summed E-state index contributed by atoms with van der Waals surface area (Å²) in [6.07, 6.45) is 0.192. The average Bonchev–Trinajstić information content (AvgIpc) is 2.41. The molecule has 0 saturated carbocycles. The predicted octanol–water partition coefficient (Wildman–Crippen LogP) is 1.92. The predicted molar refractivity (Wildman–Crippen MR) is 71.7 cm³/mol. The Labute approximate surface area is 113 Å². The zero-order chi connectivity index (χ0) is 14.1. The second-order valence-electron chi connectivity index (χ2n) is 4.33. The highest BCUT2D eigenvalue weighted by Gasteiger charge is 2.05. The Morgan fingerprint density at radius 2 is 1.89 bits per heavy atom. The Balaban J connectivity index is 2.40. The lowest BCUT2D eigenvalue weighted by molar-refractivity contribution is 0.00888. The first-order valence-electron chi connectivity index (χ1n) is 6.25. The number of amides is 1. The van der Waals surface area contributed by atoms with Crippen LogP contribution in [0.2, 0.25) is 0 Å². The van der Waals surface area contributed by atoms with Gasteiger partial charge in [-0.25, -0.2) is 5.48 Å². The second-order valence-corrected chi connectivity index (χ2v) is 4.33. The van der Waals surface area contributed by atoms with Crippen LogP contribution < -0.4 is 5.48 Å². The van der Waals surface area contributed by atoms with Crippen LogP contribution in [0.3, 0.4) is 0 Å². The van der Waals surface area contributed by atoms with E-state index in [9.17, 15) is 4.79 Å². The number of hydrogen-bond acceptors (Lipinski definition) is 4. The summed E-state index contributed by atoms with van der Waals surface area (Å²) in [6.45, 7) is 5.27. The Kier molecular flexibility index (Phi) is 7.10. The molecule has 1 aromatic carbocycles. The molecule has 1 aromatic rings. The lowest BCUT2D eigenvalue weighted by Crippen LogP contribution is -2.25. The van der Waals surface area contributed by atoms with E-state index in [1.54, 1.807) is 19.2 Å². The molecule has 1 rings (SSSR count). The van der Waals surface area contributed by atoms with Crippen LogP contribution in [0.25, 0.3) is 0 Å². The summed E-state index contributed by atoms with van der Waals surface area (Å²) in [5.41, 5.74) is 3.93. The molecule has 0 fully saturated rings. The van der Waals surface area contributed by atoms with Gasteiger partial charge in [-0.1, -0.05) is 12.1 Å². The fourth-order valence-electron chi connectivity index (χ4n) is 1.32. The van der Waals surface area contributed by atoms with Crippen LogP contribution >= 0.6 is 0 Å². The first-order valence-corrected chi connectivity index (χ1v) is 6.25. The quantitative estimate of drug-likeness (QED) is 0.577. The van der Waals surface area contributed by atoms with Gasteiger partial charge in [0.05, 0.1) is 25.9 Å². The minimum atomic E-state index is -0.271. The molecule has 0 aromatic heterocycles. The second kappa shape index (κ2) is 8.63. The lowest BCUT2D eigenvalue weighted by atomic mass is 10.1. The third-order valence-corrected chi connectivity index (χ3v) is 2.35. The number of methoxy groups -OCH3 is 1. The van der Waals surface area contributed by atoms with Crippen molar-refractivity contribution in [1.29, 1.82) is 0 Å². The van der Waals surface area contributed by atoms with E-state index >= 15 is 0 Å². The first kappa shape index (κ1) is 15.6. The van der Waals surface area contributed by atoms with Crippen molar-refractivity contribution >= 4 is 5.91 Å². The monoisotopic (exact) mass is 267 g/mol. The maximum Gasteiger partial charge on any atom is 0.274 e. The van der Waals surface area contributed by atoms with E-state index in [0.29, 0.717) is 25.4 Å². The van der Waals surface area contributed by atoms with Gasteiger partial charge in [-0.15, -0.1) is 0 Å². The van der Waals surface area contributed by atoms with Gasteiger partial charge in [-0.05, 0) is 31.5 Å². The number of hydroxylamine groups is 1. The van der Waals surface area contributed by atoms with E-state index in [1.807, 2.05) is 26.0 Å². The summed E-state index contributed by atoms with van der Waals surface area (Å²) in [6, 6.07) is 7.22.